The van der Waals surface area contributed by atoms with Gasteiger partial charge in [-0.05, 0) is 49.9 Å². The summed E-state index contributed by atoms with van der Waals surface area (Å²) in [5.41, 5.74) is 2.85. The summed E-state index contributed by atoms with van der Waals surface area (Å²) in [6.45, 7) is 7.15. The summed E-state index contributed by atoms with van der Waals surface area (Å²) in [5.74, 6) is 0.920. The van der Waals surface area contributed by atoms with Crippen LogP contribution >= 0.6 is 0 Å². The lowest BCUT2D eigenvalue weighted by Gasteiger charge is -2.45. The van der Waals surface area contributed by atoms with E-state index >= 15 is 0 Å². The molecule has 3 fully saturated rings. The summed E-state index contributed by atoms with van der Waals surface area (Å²) in [5, 5.41) is 3.77. The van der Waals surface area contributed by atoms with Gasteiger partial charge in [-0.1, -0.05) is 24.3 Å². The van der Waals surface area contributed by atoms with Crippen molar-refractivity contribution >= 4 is 0 Å². The highest BCUT2D eigenvalue weighted by atomic mass is 15.2. The molecule has 0 radical (unpaired) electrons. The van der Waals surface area contributed by atoms with Gasteiger partial charge in [0.15, 0.2) is 0 Å². The van der Waals surface area contributed by atoms with Crippen LogP contribution in [0.1, 0.15) is 24.0 Å². The fraction of sp³-hybridized carbons (Fsp3) is 0.600. The van der Waals surface area contributed by atoms with Crippen LogP contribution in [-0.4, -0.2) is 30.6 Å². The van der Waals surface area contributed by atoms with Gasteiger partial charge in [0.25, 0.3) is 0 Å². The summed E-state index contributed by atoms with van der Waals surface area (Å²) >= 11 is 0. The number of rotatable bonds is 3. The lowest BCUT2D eigenvalue weighted by atomic mass is 9.84. The van der Waals surface area contributed by atoms with Crippen LogP contribution in [0, 0.1) is 12.8 Å². The minimum atomic E-state index is 0.720. The smallest absolute Gasteiger partial charge is 0.0227 e. The lowest BCUT2D eigenvalue weighted by molar-refractivity contribution is 0.0720. The molecular formula is C15H22N2. The van der Waals surface area contributed by atoms with Crippen LogP contribution in [0.3, 0.4) is 0 Å². The molecule has 3 saturated heterocycles. The lowest BCUT2D eigenvalue weighted by Crippen LogP contribution is -2.55. The third-order valence-electron chi connectivity index (χ3n) is 4.47. The van der Waals surface area contributed by atoms with Crippen molar-refractivity contribution in [1.29, 1.82) is 0 Å². The Morgan fingerprint density at radius 3 is 2.65 bits per heavy atom. The molecule has 0 aromatic heterocycles. The largest absolute Gasteiger partial charge is 0.308 e. The Kier molecular flexibility index (Phi) is 3.17. The van der Waals surface area contributed by atoms with E-state index in [1.54, 1.807) is 0 Å². The predicted molar refractivity (Wildman–Crippen MR) is 71.0 cm³/mol. The quantitative estimate of drug-likeness (QED) is 0.856. The van der Waals surface area contributed by atoms with Gasteiger partial charge in [-0.25, -0.2) is 0 Å². The summed E-state index contributed by atoms with van der Waals surface area (Å²) in [6.07, 6.45) is 2.79. The van der Waals surface area contributed by atoms with Crippen molar-refractivity contribution in [3.05, 3.63) is 35.4 Å². The average Bonchev–Trinajstić information content (AvgIpc) is 2.39. The van der Waals surface area contributed by atoms with Gasteiger partial charge in [0.1, 0.15) is 0 Å². The molecule has 2 bridgehead atoms. The van der Waals surface area contributed by atoms with Crippen molar-refractivity contribution in [2.75, 3.05) is 19.6 Å². The molecule has 1 N–H and O–H groups in total. The molecule has 0 spiro atoms. The first-order valence-electron chi connectivity index (χ1n) is 6.83. The third kappa shape index (κ3) is 2.38. The maximum absolute atomic E-state index is 3.77. The van der Waals surface area contributed by atoms with Gasteiger partial charge in [0, 0.05) is 19.1 Å². The Morgan fingerprint density at radius 2 is 2.00 bits per heavy atom. The van der Waals surface area contributed by atoms with E-state index in [4.69, 9.17) is 0 Å². The number of nitrogens with zero attached hydrogens (tertiary/aromatic N) is 1. The minimum absolute atomic E-state index is 0.720. The van der Waals surface area contributed by atoms with E-state index in [-0.39, 0.29) is 0 Å². The number of hydrogen-bond acceptors (Lipinski definition) is 2. The summed E-state index contributed by atoms with van der Waals surface area (Å²) in [6, 6.07) is 9.42. The van der Waals surface area contributed by atoms with Gasteiger partial charge < -0.3 is 10.2 Å². The molecule has 4 rings (SSSR count). The maximum Gasteiger partial charge on any atom is 0.0227 e. The van der Waals surface area contributed by atoms with Crippen molar-refractivity contribution in [3.8, 4) is 0 Å². The second kappa shape index (κ2) is 4.79. The number of fused-ring (bicyclic) bond motifs is 3. The molecule has 0 aliphatic carbocycles. The monoisotopic (exact) mass is 230 g/mol. The zero-order valence-corrected chi connectivity index (χ0v) is 10.7. The predicted octanol–water partition coefficient (Wildman–Crippen LogP) is 2.18. The second-order valence-corrected chi connectivity index (χ2v) is 5.55. The molecule has 1 atom stereocenters. The van der Waals surface area contributed by atoms with E-state index in [1.165, 1.54) is 43.6 Å². The van der Waals surface area contributed by atoms with E-state index in [2.05, 4.69) is 41.4 Å². The van der Waals surface area contributed by atoms with Crippen LogP contribution in [0.2, 0.25) is 0 Å². The summed E-state index contributed by atoms with van der Waals surface area (Å²) in [7, 11) is 0. The van der Waals surface area contributed by atoms with Gasteiger partial charge in [-0.2, -0.15) is 0 Å². The van der Waals surface area contributed by atoms with Crippen molar-refractivity contribution in [1.82, 2.24) is 10.2 Å². The molecule has 3 aliphatic rings. The fourth-order valence-corrected chi connectivity index (χ4v) is 3.25. The zero-order valence-electron chi connectivity index (χ0n) is 10.7. The van der Waals surface area contributed by atoms with E-state index in [9.17, 15) is 0 Å². The molecule has 0 amide bonds. The second-order valence-electron chi connectivity index (χ2n) is 5.55. The Hall–Kier alpha value is -0.860. The third-order valence-corrected chi connectivity index (χ3v) is 4.47. The summed E-state index contributed by atoms with van der Waals surface area (Å²) < 4.78 is 0. The maximum atomic E-state index is 3.77. The van der Waals surface area contributed by atoms with Crippen LogP contribution in [0.25, 0.3) is 0 Å². The highest BCUT2D eigenvalue weighted by Crippen LogP contribution is 2.27. The van der Waals surface area contributed by atoms with Gasteiger partial charge in [-0.15, -0.1) is 0 Å². The molecule has 1 aromatic rings. The van der Waals surface area contributed by atoms with E-state index < -0.39 is 0 Å². The zero-order chi connectivity index (χ0) is 11.7. The topological polar surface area (TPSA) is 15.3 Å². The fourth-order valence-electron chi connectivity index (χ4n) is 3.25. The first-order valence-corrected chi connectivity index (χ1v) is 6.83. The van der Waals surface area contributed by atoms with Crippen molar-refractivity contribution in [2.45, 2.75) is 32.4 Å². The Balaban J connectivity index is 1.60. The highest BCUT2D eigenvalue weighted by Gasteiger charge is 2.33. The van der Waals surface area contributed by atoms with Crippen LogP contribution in [0.4, 0.5) is 0 Å². The van der Waals surface area contributed by atoms with Crippen molar-refractivity contribution in [2.24, 2.45) is 5.92 Å². The van der Waals surface area contributed by atoms with Gasteiger partial charge in [0.2, 0.25) is 0 Å². The number of piperidine rings is 3. The molecule has 92 valence electrons. The van der Waals surface area contributed by atoms with E-state index in [0.717, 1.165) is 18.5 Å². The van der Waals surface area contributed by atoms with Crippen LogP contribution < -0.4 is 5.32 Å². The molecule has 0 unspecified atom stereocenters. The highest BCUT2D eigenvalue weighted by molar-refractivity contribution is 5.25. The SMILES string of the molecule is Cc1ccccc1CN[C@H]1CN2CCC1CC2. The van der Waals surface area contributed by atoms with E-state index in [0.29, 0.717) is 0 Å². The number of benzene rings is 1. The molecule has 2 nitrogen and oxygen atoms in total. The van der Waals surface area contributed by atoms with Gasteiger partial charge in [0.05, 0.1) is 0 Å². The number of aryl methyl sites for hydroxylation is 1. The van der Waals surface area contributed by atoms with Crippen LogP contribution in [0.5, 0.6) is 0 Å². The molecule has 17 heavy (non-hydrogen) atoms. The van der Waals surface area contributed by atoms with Gasteiger partial charge in [-0.3, -0.25) is 0 Å². The number of nitrogens with one attached hydrogen (secondary N) is 1. The Morgan fingerprint density at radius 1 is 1.24 bits per heavy atom. The van der Waals surface area contributed by atoms with Crippen molar-refractivity contribution in [3.63, 3.8) is 0 Å². The first kappa shape index (κ1) is 11.2. The normalized spacial score (nSPS) is 31.7. The average molecular weight is 230 g/mol. The molecule has 3 aliphatic heterocycles. The van der Waals surface area contributed by atoms with Gasteiger partial charge >= 0.3 is 0 Å². The van der Waals surface area contributed by atoms with E-state index in [1.807, 2.05) is 0 Å². The Bertz CT molecular complexity index is 380. The molecular weight excluding hydrogens is 208 g/mol. The molecule has 2 heteroatoms. The van der Waals surface area contributed by atoms with Crippen LogP contribution in [0.15, 0.2) is 24.3 Å². The molecule has 0 saturated carbocycles. The molecule has 1 aromatic carbocycles. The Labute approximate surface area is 104 Å². The van der Waals surface area contributed by atoms with Crippen LogP contribution in [-0.2, 0) is 6.54 Å². The van der Waals surface area contributed by atoms with Crippen molar-refractivity contribution < 1.29 is 0 Å². The molecule has 3 heterocycles. The minimum Gasteiger partial charge on any atom is -0.308 e. The first-order chi connectivity index (χ1) is 8.33. The standard InChI is InChI=1S/C15H22N2/c1-12-4-2-3-5-14(12)10-16-15-11-17-8-6-13(15)7-9-17/h2-5,13,15-16H,6-11H2,1H3/t15-/m0/s1. The summed E-state index contributed by atoms with van der Waals surface area (Å²) in [4.78, 5) is 2.61. The number of hydrogen-bond donors (Lipinski definition) is 1.